The molecular formula is C22H25NO5. The van der Waals surface area contributed by atoms with E-state index in [1.54, 1.807) is 31.4 Å². The molecule has 1 saturated carbocycles. The van der Waals surface area contributed by atoms with Crippen molar-refractivity contribution in [3.05, 3.63) is 65.8 Å². The Morgan fingerprint density at radius 1 is 1.18 bits per heavy atom. The Bertz CT molecular complexity index is 805. The van der Waals surface area contributed by atoms with Gasteiger partial charge in [0.05, 0.1) is 17.4 Å². The van der Waals surface area contributed by atoms with Crippen LogP contribution < -0.4 is 5.32 Å². The molecule has 6 nitrogen and oxygen atoms in total. The molecule has 2 aliphatic carbocycles. The molecule has 0 radical (unpaired) electrons. The van der Waals surface area contributed by atoms with Crippen LogP contribution in [0.3, 0.4) is 0 Å². The van der Waals surface area contributed by atoms with Crippen molar-refractivity contribution in [1.29, 1.82) is 0 Å². The summed E-state index contributed by atoms with van der Waals surface area (Å²) in [5.41, 5.74) is 1.14. The first-order valence-corrected chi connectivity index (χ1v) is 9.46. The average molecular weight is 383 g/mol. The molecule has 2 aliphatic rings. The van der Waals surface area contributed by atoms with Crippen LogP contribution in [0, 0.1) is 0 Å². The lowest BCUT2D eigenvalue weighted by Crippen LogP contribution is -2.32. The molecular weight excluding hydrogens is 358 g/mol. The number of hydrogen-bond acceptors (Lipinski definition) is 4. The number of ether oxygens (including phenoxy) is 2. The number of hydrogen-bond donors (Lipinski definition) is 2. The fourth-order valence-electron chi connectivity index (χ4n) is 3.46. The monoisotopic (exact) mass is 383 g/mol. The van der Waals surface area contributed by atoms with Crippen molar-refractivity contribution in [1.82, 2.24) is 0 Å². The van der Waals surface area contributed by atoms with E-state index in [2.05, 4.69) is 5.32 Å². The van der Waals surface area contributed by atoms with E-state index in [9.17, 15) is 14.7 Å². The molecule has 0 heterocycles. The zero-order valence-corrected chi connectivity index (χ0v) is 15.8. The molecule has 148 valence electrons. The number of carboxylic acids is 1. The third-order valence-electron chi connectivity index (χ3n) is 4.93. The minimum absolute atomic E-state index is 0.0485. The number of anilines is 1. The molecule has 28 heavy (non-hydrogen) atoms. The van der Waals surface area contributed by atoms with Crippen molar-refractivity contribution in [2.75, 3.05) is 12.4 Å². The molecule has 3 rings (SSSR count). The van der Waals surface area contributed by atoms with Gasteiger partial charge in [0.25, 0.3) is 0 Å². The molecule has 0 saturated heterocycles. The summed E-state index contributed by atoms with van der Waals surface area (Å²) in [6, 6.07) is 6.29. The van der Waals surface area contributed by atoms with Gasteiger partial charge in [-0.1, -0.05) is 37.1 Å². The maximum Gasteiger partial charge on any atom is 0.337 e. The number of nitrogens with one attached hydrogen (secondary N) is 1. The Kier molecular flexibility index (Phi) is 6.79. The number of allylic oxidation sites excluding steroid dienone is 3. The Morgan fingerprint density at radius 3 is 2.64 bits per heavy atom. The van der Waals surface area contributed by atoms with Crippen LogP contribution in [-0.2, 0) is 14.3 Å². The number of methoxy groups -OCH3 is 1. The SMILES string of the molecule is COC1C=C(/C=C/C(=O)Nc2ccccc2C(=O)O)C=CC1OC1CCCC1. The van der Waals surface area contributed by atoms with Gasteiger partial charge in [-0.05, 0) is 42.7 Å². The van der Waals surface area contributed by atoms with Crippen molar-refractivity contribution in [3.8, 4) is 0 Å². The van der Waals surface area contributed by atoms with Crippen molar-refractivity contribution >= 4 is 17.6 Å². The first-order valence-electron chi connectivity index (χ1n) is 9.46. The first kappa shape index (κ1) is 20.0. The molecule has 0 aromatic heterocycles. The number of amides is 1. The van der Waals surface area contributed by atoms with Crippen LogP contribution in [-0.4, -0.2) is 42.4 Å². The highest BCUT2D eigenvalue weighted by Crippen LogP contribution is 2.26. The predicted octanol–water partition coefficient (Wildman–Crippen LogP) is 3.72. The van der Waals surface area contributed by atoms with E-state index >= 15 is 0 Å². The van der Waals surface area contributed by atoms with Crippen LogP contribution in [0.2, 0.25) is 0 Å². The van der Waals surface area contributed by atoms with Crippen molar-refractivity contribution in [2.45, 2.75) is 44.0 Å². The van der Waals surface area contributed by atoms with Gasteiger partial charge < -0.3 is 19.9 Å². The normalized spacial score (nSPS) is 22.4. The second-order valence-electron chi connectivity index (χ2n) is 6.91. The number of rotatable bonds is 7. The molecule has 2 N–H and O–H groups in total. The molecule has 1 aromatic rings. The topological polar surface area (TPSA) is 84.9 Å². The van der Waals surface area contributed by atoms with E-state index < -0.39 is 11.9 Å². The highest BCUT2D eigenvalue weighted by molar-refractivity contribution is 6.04. The summed E-state index contributed by atoms with van der Waals surface area (Å²) in [4.78, 5) is 23.4. The summed E-state index contributed by atoms with van der Waals surface area (Å²) in [5, 5.41) is 11.8. The van der Waals surface area contributed by atoms with Crippen LogP contribution in [0.4, 0.5) is 5.69 Å². The minimum atomic E-state index is -1.09. The summed E-state index contributed by atoms with van der Waals surface area (Å²) < 4.78 is 11.7. The maximum absolute atomic E-state index is 12.2. The molecule has 1 fully saturated rings. The van der Waals surface area contributed by atoms with Gasteiger partial charge in [0, 0.05) is 13.2 Å². The molecule has 2 unspecified atom stereocenters. The van der Waals surface area contributed by atoms with E-state index in [1.807, 2.05) is 18.2 Å². The lowest BCUT2D eigenvalue weighted by atomic mass is 10.0. The van der Waals surface area contributed by atoms with Crippen LogP contribution in [0.25, 0.3) is 0 Å². The molecule has 1 amide bonds. The van der Waals surface area contributed by atoms with Crippen molar-refractivity contribution < 1.29 is 24.2 Å². The summed E-state index contributed by atoms with van der Waals surface area (Å²) >= 11 is 0. The standard InChI is InChI=1S/C22H25NO5/c1-27-20-14-15(10-12-19(20)28-16-6-2-3-7-16)11-13-21(24)23-18-9-5-4-8-17(18)22(25)26/h4-5,8-14,16,19-20H,2-3,6-7H2,1H3,(H,23,24)(H,25,26)/b13-11+. The van der Waals surface area contributed by atoms with E-state index in [4.69, 9.17) is 9.47 Å². The minimum Gasteiger partial charge on any atom is -0.478 e. The summed E-state index contributed by atoms with van der Waals surface area (Å²) in [7, 11) is 1.64. The highest BCUT2D eigenvalue weighted by atomic mass is 16.5. The van der Waals surface area contributed by atoms with Gasteiger partial charge in [-0.25, -0.2) is 4.79 Å². The molecule has 0 bridgehead atoms. The van der Waals surface area contributed by atoms with Gasteiger partial charge in [0.2, 0.25) is 5.91 Å². The van der Waals surface area contributed by atoms with Gasteiger partial charge in [0.1, 0.15) is 12.2 Å². The lowest BCUT2D eigenvalue weighted by Gasteiger charge is -2.27. The fourth-order valence-corrected chi connectivity index (χ4v) is 3.46. The van der Waals surface area contributed by atoms with Crippen LogP contribution >= 0.6 is 0 Å². The third-order valence-corrected chi connectivity index (χ3v) is 4.93. The van der Waals surface area contributed by atoms with Crippen LogP contribution in [0.15, 0.2) is 60.2 Å². The van der Waals surface area contributed by atoms with Gasteiger partial charge in [0.15, 0.2) is 0 Å². The number of carbonyl (C=O) groups is 2. The fraction of sp³-hybridized carbons (Fsp3) is 0.364. The maximum atomic E-state index is 12.2. The number of benzene rings is 1. The summed E-state index contributed by atoms with van der Waals surface area (Å²) in [6.45, 7) is 0. The molecule has 1 aromatic carbocycles. The van der Waals surface area contributed by atoms with Gasteiger partial charge in [-0.2, -0.15) is 0 Å². The van der Waals surface area contributed by atoms with Gasteiger partial charge in [-0.15, -0.1) is 0 Å². The number of para-hydroxylation sites is 1. The first-order chi connectivity index (χ1) is 13.6. The van der Waals surface area contributed by atoms with E-state index in [0.29, 0.717) is 0 Å². The Labute approximate surface area is 164 Å². The van der Waals surface area contributed by atoms with Crippen LogP contribution in [0.5, 0.6) is 0 Å². The van der Waals surface area contributed by atoms with E-state index in [0.717, 1.165) is 18.4 Å². The molecule has 6 heteroatoms. The Morgan fingerprint density at radius 2 is 1.93 bits per heavy atom. The zero-order valence-electron chi connectivity index (χ0n) is 15.8. The van der Waals surface area contributed by atoms with E-state index in [-0.39, 0.29) is 29.6 Å². The number of aromatic carboxylic acids is 1. The van der Waals surface area contributed by atoms with Crippen molar-refractivity contribution in [2.24, 2.45) is 0 Å². The number of carboxylic acid groups (broad SMARTS) is 1. The largest absolute Gasteiger partial charge is 0.478 e. The Hall–Kier alpha value is -2.70. The molecule has 0 spiro atoms. The third kappa shape index (κ3) is 5.18. The van der Waals surface area contributed by atoms with Crippen molar-refractivity contribution in [3.63, 3.8) is 0 Å². The Balaban J connectivity index is 1.61. The van der Waals surface area contributed by atoms with Crippen LogP contribution in [0.1, 0.15) is 36.0 Å². The second kappa shape index (κ2) is 9.48. The molecule has 2 atom stereocenters. The highest BCUT2D eigenvalue weighted by Gasteiger charge is 2.26. The zero-order chi connectivity index (χ0) is 19.9. The second-order valence-corrected chi connectivity index (χ2v) is 6.91. The quantitative estimate of drug-likeness (QED) is 0.701. The predicted molar refractivity (Wildman–Crippen MR) is 106 cm³/mol. The summed E-state index contributed by atoms with van der Waals surface area (Å²) in [5.74, 6) is -1.49. The van der Waals surface area contributed by atoms with E-state index in [1.165, 1.54) is 25.0 Å². The smallest absolute Gasteiger partial charge is 0.337 e. The van der Waals surface area contributed by atoms with Gasteiger partial charge in [-0.3, -0.25) is 4.79 Å². The van der Waals surface area contributed by atoms with Gasteiger partial charge >= 0.3 is 5.97 Å². The number of carbonyl (C=O) groups excluding carboxylic acids is 1. The summed E-state index contributed by atoms with van der Waals surface area (Å²) in [6.07, 6.45) is 13.4. The molecule has 0 aliphatic heterocycles. The lowest BCUT2D eigenvalue weighted by molar-refractivity contribution is -0.111. The average Bonchev–Trinajstić information content (AvgIpc) is 3.20.